The number of esters is 1. The zero-order chi connectivity index (χ0) is 20.1. The molecule has 0 bridgehead atoms. The van der Waals surface area contributed by atoms with Crippen molar-refractivity contribution in [1.29, 1.82) is 0 Å². The lowest BCUT2D eigenvalue weighted by Crippen LogP contribution is -2.21. The molecule has 0 aliphatic rings. The van der Waals surface area contributed by atoms with Gasteiger partial charge in [0.2, 0.25) is 0 Å². The molecule has 0 fully saturated rings. The van der Waals surface area contributed by atoms with E-state index in [1.54, 1.807) is 37.3 Å². The molecule has 0 unspecified atom stereocenters. The monoisotopic (exact) mass is 398 g/mol. The normalized spacial score (nSPS) is 10.5. The zero-order valence-corrected chi connectivity index (χ0v) is 16.2. The van der Waals surface area contributed by atoms with Gasteiger partial charge in [0.25, 0.3) is 5.91 Å². The van der Waals surface area contributed by atoms with E-state index in [0.717, 1.165) is 12.0 Å². The van der Waals surface area contributed by atoms with Crippen LogP contribution in [0.1, 0.15) is 28.6 Å². The topological polar surface area (TPSA) is 81.4 Å². The Morgan fingerprint density at radius 1 is 1.18 bits per heavy atom. The molecule has 0 radical (unpaired) electrons. The number of nitrogens with zero attached hydrogens (tertiary/aromatic N) is 1. The molecule has 3 aromatic rings. The Bertz CT molecular complexity index is 1010. The number of halogens is 1. The van der Waals surface area contributed by atoms with Gasteiger partial charge in [0.15, 0.2) is 6.61 Å². The molecule has 144 valence electrons. The first-order valence-corrected chi connectivity index (χ1v) is 9.14. The number of carbonyl (C=O) groups is 2. The number of carbonyl (C=O) groups excluding carboxylic acids is 2. The van der Waals surface area contributed by atoms with E-state index in [2.05, 4.69) is 10.5 Å². The van der Waals surface area contributed by atoms with Crippen molar-refractivity contribution in [3.63, 3.8) is 0 Å². The third-order valence-corrected chi connectivity index (χ3v) is 4.48. The first-order chi connectivity index (χ1) is 13.5. The van der Waals surface area contributed by atoms with Crippen LogP contribution in [0.2, 0.25) is 5.02 Å². The molecule has 7 heteroatoms. The molecule has 6 nitrogen and oxygen atoms in total. The number of hydrogen-bond acceptors (Lipinski definition) is 5. The third kappa shape index (κ3) is 4.40. The standard InChI is InChI=1S/C21H19ClN2O4/c1-3-14-7-6-8-15(11-14)23-18(25)12-27-21(26)19-13(2)28-24-20(19)16-9-4-5-10-17(16)22/h4-11H,3,12H2,1-2H3,(H,23,25). The van der Waals surface area contributed by atoms with Crippen LogP contribution < -0.4 is 5.32 Å². The molecule has 2 aromatic carbocycles. The number of benzene rings is 2. The van der Waals surface area contributed by atoms with Gasteiger partial charge in [0.05, 0.1) is 5.02 Å². The van der Waals surface area contributed by atoms with Crippen LogP contribution in [0, 0.1) is 6.92 Å². The van der Waals surface area contributed by atoms with Crippen LogP contribution in [0.15, 0.2) is 53.1 Å². The Morgan fingerprint density at radius 3 is 2.71 bits per heavy atom. The van der Waals surface area contributed by atoms with E-state index >= 15 is 0 Å². The average molecular weight is 399 g/mol. The van der Waals surface area contributed by atoms with Crippen molar-refractivity contribution in [3.8, 4) is 11.3 Å². The molecule has 3 rings (SSSR count). The first kappa shape index (κ1) is 19.6. The summed E-state index contributed by atoms with van der Waals surface area (Å²) in [5.74, 6) is -0.850. The second-order valence-corrected chi connectivity index (χ2v) is 6.53. The van der Waals surface area contributed by atoms with Gasteiger partial charge in [-0.15, -0.1) is 0 Å². The van der Waals surface area contributed by atoms with Crippen LogP contribution in [0.5, 0.6) is 0 Å². The minimum atomic E-state index is -0.703. The third-order valence-electron chi connectivity index (χ3n) is 4.15. The highest BCUT2D eigenvalue weighted by Gasteiger charge is 2.24. The molecular weight excluding hydrogens is 380 g/mol. The number of anilines is 1. The highest BCUT2D eigenvalue weighted by atomic mass is 35.5. The summed E-state index contributed by atoms with van der Waals surface area (Å²) in [6.07, 6.45) is 0.857. The van der Waals surface area contributed by atoms with Crippen molar-refractivity contribution in [2.45, 2.75) is 20.3 Å². The van der Waals surface area contributed by atoms with Crippen molar-refractivity contribution in [3.05, 3.63) is 70.4 Å². The van der Waals surface area contributed by atoms with E-state index in [9.17, 15) is 9.59 Å². The van der Waals surface area contributed by atoms with Crippen LogP contribution in [0.4, 0.5) is 5.69 Å². The van der Waals surface area contributed by atoms with Crippen LogP contribution >= 0.6 is 11.6 Å². The van der Waals surface area contributed by atoms with E-state index in [0.29, 0.717) is 16.3 Å². The predicted octanol–water partition coefficient (Wildman–Crippen LogP) is 4.66. The summed E-state index contributed by atoms with van der Waals surface area (Å²) in [6, 6.07) is 14.4. The van der Waals surface area contributed by atoms with Crippen LogP contribution in [0.25, 0.3) is 11.3 Å². The van der Waals surface area contributed by atoms with Gasteiger partial charge in [-0.25, -0.2) is 4.79 Å². The number of ether oxygens (including phenoxy) is 1. The maximum atomic E-state index is 12.5. The molecule has 0 aliphatic carbocycles. The Kier molecular flexibility index (Phi) is 6.11. The number of aryl methyl sites for hydroxylation is 2. The lowest BCUT2D eigenvalue weighted by atomic mass is 10.1. The quantitative estimate of drug-likeness (QED) is 0.610. The van der Waals surface area contributed by atoms with E-state index in [-0.39, 0.29) is 17.0 Å². The van der Waals surface area contributed by atoms with Gasteiger partial charge in [-0.2, -0.15) is 0 Å². The summed E-state index contributed by atoms with van der Waals surface area (Å²) >= 11 is 6.19. The molecule has 1 heterocycles. The highest BCUT2D eigenvalue weighted by Crippen LogP contribution is 2.31. The number of aromatic nitrogens is 1. The van der Waals surface area contributed by atoms with Gasteiger partial charge in [-0.05, 0) is 37.1 Å². The van der Waals surface area contributed by atoms with Crippen molar-refractivity contribution in [2.24, 2.45) is 0 Å². The molecule has 0 saturated carbocycles. The number of hydrogen-bond donors (Lipinski definition) is 1. The summed E-state index contributed by atoms with van der Waals surface area (Å²) in [5, 5.41) is 7.06. The van der Waals surface area contributed by atoms with Gasteiger partial charge in [0, 0.05) is 11.3 Å². The lowest BCUT2D eigenvalue weighted by molar-refractivity contribution is -0.119. The van der Waals surface area contributed by atoms with Gasteiger partial charge >= 0.3 is 5.97 Å². The van der Waals surface area contributed by atoms with Crippen LogP contribution in [-0.4, -0.2) is 23.6 Å². The average Bonchev–Trinajstić information content (AvgIpc) is 3.08. The molecule has 28 heavy (non-hydrogen) atoms. The Morgan fingerprint density at radius 2 is 1.96 bits per heavy atom. The molecule has 1 aromatic heterocycles. The Labute approximate surface area is 167 Å². The fourth-order valence-corrected chi connectivity index (χ4v) is 2.94. The van der Waals surface area contributed by atoms with Gasteiger partial charge in [0.1, 0.15) is 17.0 Å². The predicted molar refractivity (Wildman–Crippen MR) is 106 cm³/mol. The Hall–Kier alpha value is -3.12. The summed E-state index contributed by atoms with van der Waals surface area (Å²) < 4.78 is 10.3. The summed E-state index contributed by atoms with van der Waals surface area (Å²) in [5.41, 5.74) is 2.73. The smallest absolute Gasteiger partial charge is 0.344 e. The van der Waals surface area contributed by atoms with Gasteiger partial charge in [-0.1, -0.05) is 54.0 Å². The van der Waals surface area contributed by atoms with Crippen molar-refractivity contribution in [1.82, 2.24) is 5.16 Å². The molecule has 1 amide bonds. The highest BCUT2D eigenvalue weighted by molar-refractivity contribution is 6.33. The number of nitrogens with one attached hydrogen (secondary N) is 1. The minimum absolute atomic E-state index is 0.147. The van der Waals surface area contributed by atoms with Crippen molar-refractivity contribution >= 4 is 29.2 Å². The largest absolute Gasteiger partial charge is 0.452 e. The Balaban J connectivity index is 1.69. The van der Waals surface area contributed by atoms with Crippen LogP contribution in [0.3, 0.4) is 0 Å². The molecule has 0 atom stereocenters. The maximum absolute atomic E-state index is 12.5. The molecule has 0 aliphatic heterocycles. The molecular formula is C21H19ClN2O4. The van der Waals surface area contributed by atoms with Crippen molar-refractivity contribution < 1.29 is 18.8 Å². The fraction of sp³-hybridized carbons (Fsp3) is 0.190. The second-order valence-electron chi connectivity index (χ2n) is 6.12. The van der Waals surface area contributed by atoms with E-state index in [4.69, 9.17) is 20.9 Å². The molecule has 0 spiro atoms. The minimum Gasteiger partial charge on any atom is -0.452 e. The van der Waals surface area contributed by atoms with Gasteiger partial charge in [-0.3, -0.25) is 4.79 Å². The number of amides is 1. The lowest BCUT2D eigenvalue weighted by Gasteiger charge is -2.08. The van der Waals surface area contributed by atoms with Gasteiger partial charge < -0.3 is 14.6 Å². The summed E-state index contributed by atoms with van der Waals surface area (Å²) in [7, 11) is 0. The first-order valence-electron chi connectivity index (χ1n) is 8.76. The fourth-order valence-electron chi connectivity index (χ4n) is 2.72. The van der Waals surface area contributed by atoms with E-state index < -0.39 is 18.5 Å². The van der Waals surface area contributed by atoms with E-state index in [1.807, 2.05) is 25.1 Å². The van der Waals surface area contributed by atoms with Crippen molar-refractivity contribution in [2.75, 3.05) is 11.9 Å². The number of rotatable bonds is 6. The molecule has 1 N–H and O–H groups in total. The second kappa shape index (κ2) is 8.71. The maximum Gasteiger partial charge on any atom is 0.344 e. The van der Waals surface area contributed by atoms with Crippen LogP contribution in [-0.2, 0) is 16.0 Å². The molecule has 0 saturated heterocycles. The summed E-state index contributed by atoms with van der Waals surface area (Å²) in [4.78, 5) is 24.7. The zero-order valence-electron chi connectivity index (χ0n) is 15.5. The SMILES string of the molecule is CCc1cccc(NC(=O)COC(=O)c2c(-c3ccccc3Cl)noc2C)c1. The van der Waals surface area contributed by atoms with E-state index in [1.165, 1.54) is 0 Å². The summed E-state index contributed by atoms with van der Waals surface area (Å²) in [6.45, 7) is 3.20.